The number of aryl methyl sites for hydroxylation is 2. The Hall–Kier alpha value is -1.81. The molecule has 2 aromatic carbocycles. The summed E-state index contributed by atoms with van der Waals surface area (Å²) in [7, 11) is 0. The molecule has 2 rings (SSSR count). The molecule has 0 spiro atoms. The topological polar surface area (TPSA) is 29.1 Å². The van der Waals surface area contributed by atoms with Crippen molar-refractivity contribution in [3.63, 3.8) is 0 Å². The number of rotatable bonds is 6. The average molecular weight is 331 g/mol. The Labute approximate surface area is 141 Å². The zero-order valence-corrected chi connectivity index (χ0v) is 14.5. The van der Waals surface area contributed by atoms with Crippen molar-refractivity contribution in [1.29, 1.82) is 0 Å². The van der Waals surface area contributed by atoms with E-state index < -0.39 is 0 Å². The van der Waals surface area contributed by atoms with Crippen molar-refractivity contribution < 1.29 is 9.18 Å². The molecule has 0 aliphatic heterocycles. The number of benzene rings is 2. The summed E-state index contributed by atoms with van der Waals surface area (Å²) in [6.45, 7) is 6.08. The molecular formula is C19H22FNOS. The molecule has 0 bridgehead atoms. The van der Waals surface area contributed by atoms with Crippen LogP contribution in [0.1, 0.15) is 35.2 Å². The highest BCUT2D eigenvalue weighted by Crippen LogP contribution is 2.20. The van der Waals surface area contributed by atoms with Crippen molar-refractivity contribution in [3.05, 3.63) is 70.5 Å². The van der Waals surface area contributed by atoms with Crippen molar-refractivity contribution in [2.45, 2.75) is 32.6 Å². The van der Waals surface area contributed by atoms with Crippen molar-refractivity contribution in [3.8, 4) is 0 Å². The minimum atomic E-state index is -0.218. The third kappa shape index (κ3) is 5.10. The summed E-state index contributed by atoms with van der Waals surface area (Å²) in [4.78, 5) is 12.1. The van der Waals surface area contributed by atoms with Gasteiger partial charge in [-0.25, -0.2) is 4.39 Å². The van der Waals surface area contributed by atoms with Crippen LogP contribution in [0.15, 0.2) is 42.5 Å². The minimum absolute atomic E-state index is 0.0280. The summed E-state index contributed by atoms with van der Waals surface area (Å²) in [6.07, 6.45) is 0. The van der Waals surface area contributed by atoms with Crippen LogP contribution in [0.4, 0.5) is 4.39 Å². The van der Waals surface area contributed by atoms with Gasteiger partial charge >= 0.3 is 0 Å². The number of hydrogen-bond acceptors (Lipinski definition) is 2. The van der Waals surface area contributed by atoms with Gasteiger partial charge in [-0.1, -0.05) is 42.0 Å². The lowest BCUT2D eigenvalue weighted by Crippen LogP contribution is -2.28. The molecule has 1 amide bonds. The molecule has 0 aromatic heterocycles. The molecule has 1 N–H and O–H groups in total. The van der Waals surface area contributed by atoms with Gasteiger partial charge in [0.05, 0.1) is 11.8 Å². The monoisotopic (exact) mass is 331 g/mol. The molecule has 4 heteroatoms. The maximum absolute atomic E-state index is 13.5. The maximum Gasteiger partial charge on any atom is 0.230 e. The van der Waals surface area contributed by atoms with Crippen LogP contribution in [-0.4, -0.2) is 11.7 Å². The van der Waals surface area contributed by atoms with Gasteiger partial charge in [0.15, 0.2) is 0 Å². The number of carbonyl (C=O) groups is 1. The van der Waals surface area contributed by atoms with Crippen LogP contribution in [-0.2, 0) is 10.5 Å². The first kappa shape index (κ1) is 17.5. The number of thioether (sulfide) groups is 1. The van der Waals surface area contributed by atoms with Gasteiger partial charge in [-0.2, -0.15) is 0 Å². The molecular weight excluding hydrogens is 309 g/mol. The Kier molecular flexibility index (Phi) is 6.22. The van der Waals surface area contributed by atoms with E-state index in [-0.39, 0.29) is 17.8 Å². The summed E-state index contributed by atoms with van der Waals surface area (Å²) >= 11 is 1.42. The van der Waals surface area contributed by atoms with E-state index in [2.05, 4.69) is 23.5 Å². The highest BCUT2D eigenvalue weighted by atomic mass is 32.2. The van der Waals surface area contributed by atoms with Gasteiger partial charge in [0.2, 0.25) is 5.91 Å². The van der Waals surface area contributed by atoms with Crippen LogP contribution in [0.25, 0.3) is 0 Å². The van der Waals surface area contributed by atoms with E-state index in [9.17, 15) is 9.18 Å². The first-order valence-corrected chi connectivity index (χ1v) is 8.80. The fourth-order valence-electron chi connectivity index (χ4n) is 2.46. The molecule has 0 saturated heterocycles. The molecule has 2 aromatic rings. The number of amides is 1. The normalized spacial score (nSPS) is 12.0. The van der Waals surface area contributed by atoms with Crippen LogP contribution >= 0.6 is 11.8 Å². The van der Waals surface area contributed by atoms with E-state index in [1.165, 1.54) is 29.0 Å². The standard InChI is InChI=1S/C19H22FNOS/c1-13-8-9-14(2)17(10-13)15(3)21-19(22)12-23-11-16-6-4-5-7-18(16)20/h4-10,15H,11-12H2,1-3H3,(H,21,22)/t15-/m1/s1. The van der Waals surface area contributed by atoms with Gasteiger partial charge in [-0.05, 0) is 43.5 Å². The second-order valence-electron chi connectivity index (χ2n) is 5.73. The molecule has 0 aliphatic carbocycles. The molecule has 1 atom stereocenters. The van der Waals surface area contributed by atoms with Gasteiger partial charge in [0.1, 0.15) is 5.82 Å². The zero-order valence-electron chi connectivity index (χ0n) is 13.7. The highest BCUT2D eigenvalue weighted by molar-refractivity contribution is 7.99. The molecule has 0 radical (unpaired) electrons. The first-order chi connectivity index (χ1) is 11.0. The van der Waals surface area contributed by atoms with E-state index >= 15 is 0 Å². The van der Waals surface area contributed by atoms with Crippen LogP contribution in [0.5, 0.6) is 0 Å². The fourth-order valence-corrected chi connectivity index (χ4v) is 3.28. The molecule has 0 unspecified atom stereocenters. The quantitative estimate of drug-likeness (QED) is 0.841. The Balaban J connectivity index is 1.85. The Bertz CT molecular complexity index is 687. The third-order valence-corrected chi connectivity index (χ3v) is 4.71. The van der Waals surface area contributed by atoms with Crippen molar-refractivity contribution in [2.75, 3.05) is 5.75 Å². The van der Waals surface area contributed by atoms with E-state index in [1.807, 2.05) is 26.8 Å². The summed E-state index contributed by atoms with van der Waals surface area (Å²) < 4.78 is 13.5. The Morgan fingerprint density at radius 2 is 1.96 bits per heavy atom. The van der Waals surface area contributed by atoms with Crippen LogP contribution in [0, 0.1) is 19.7 Å². The minimum Gasteiger partial charge on any atom is -0.349 e. The van der Waals surface area contributed by atoms with Crippen LogP contribution in [0.2, 0.25) is 0 Å². The molecule has 0 heterocycles. The highest BCUT2D eigenvalue weighted by Gasteiger charge is 2.12. The fraction of sp³-hybridized carbons (Fsp3) is 0.316. The zero-order chi connectivity index (χ0) is 16.8. The third-order valence-electron chi connectivity index (χ3n) is 3.73. The lowest BCUT2D eigenvalue weighted by atomic mass is 10.00. The largest absolute Gasteiger partial charge is 0.349 e. The van der Waals surface area contributed by atoms with Gasteiger partial charge < -0.3 is 5.32 Å². The lowest BCUT2D eigenvalue weighted by molar-refractivity contribution is -0.119. The molecule has 0 aliphatic rings. The second-order valence-corrected chi connectivity index (χ2v) is 6.72. The number of carbonyl (C=O) groups excluding carboxylic acids is 1. The van der Waals surface area contributed by atoms with Gasteiger partial charge in [0.25, 0.3) is 0 Å². The molecule has 122 valence electrons. The van der Waals surface area contributed by atoms with E-state index in [4.69, 9.17) is 0 Å². The van der Waals surface area contributed by atoms with E-state index in [1.54, 1.807) is 12.1 Å². The number of halogens is 1. The summed E-state index contributed by atoms with van der Waals surface area (Å²) in [5.41, 5.74) is 4.12. The summed E-state index contributed by atoms with van der Waals surface area (Å²) in [6, 6.07) is 12.9. The van der Waals surface area contributed by atoms with E-state index in [0.29, 0.717) is 17.1 Å². The second kappa shape index (κ2) is 8.16. The Morgan fingerprint density at radius 1 is 1.22 bits per heavy atom. The summed E-state index contributed by atoms with van der Waals surface area (Å²) in [5.74, 6) is 0.575. The maximum atomic E-state index is 13.5. The smallest absolute Gasteiger partial charge is 0.230 e. The number of hydrogen-bond donors (Lipinski definition) is 1. The first-order valence-electron chi connectivity index (χ1n) is 7.65. The van der Waals surface area contributed by atoms with Gasteiger partial charge in [-0.3, -0.25) is 4.79 Å². The molecule has 2 nitrogen and oxygen atoms in total. The SMILES string of the molecule is Cc1ccc(C)c([C@@H](C)NC(=O)CSCc2ccccc2F)c1. The average Bonchev–Trinajstić information content (AvgIpc) is 2.51. The number of nitrogens with one attached hydrogen (secondary N) is 1. The lowest BCUT2D eigenvalue weighted by Gasteiger charge is -2.17. The van der Waals surface area contributed by atoms with Gasteiger partial charge in [-0.15, -0.1) is 11.8 Å². The Morgan fingerprint density at radius 3 is 2.70 bits per heavy atom. The van der Waals surface area contributed by atoms with Crippen molar-refractivity contribution in [1.82, 2.24) is 5.32 Å². The van der Waals surface area contributed by atoms with Gasteiger partial charge in [0, 0.05) is 5.75 Å². The van der Waals surface area contributed by atoms with Crippen LogP contribution in [0.3, 0.4) is 0 Å². The molecule has 0 fully saturated rings. The molecule has 0 saturated carbocycles. The predicted molar refractivity (Wildman–Crippen MR) is 95.0 cm³/mol. The predicted octanol–water partition coefficient (Wildman–Crippen LogP) is 4.55. The summed E-state index contributed by atoms with van der Waals surface area (Å²) in [5, 5.41) is 3.01. The molecule has 23 heavy (non-hydrogen) atoms. The van der Waals surface area contributed by atoms with Crippen LogP contribution < -0.4 is 5.32 Å². The van der Waals surface area contributed by atoms with Crippen molar-refractivity contribution >= 4 is 17.7 Å². The van der Waals surface area contributed by atoms with Crippen molar-refractivity contribution in [2.24, 2.45) is 0 Å². The van der Waals surface area contributed by atoms with E-state index in [0.717, 1.165) is 5.56 Å².